The van der Waals surface area contributed by atoms with Gasteiger partial charge < -0.3 is 53.6 Å². The number of carbonyl (C=O) groups excluding carboxylic acids is 6. The lowest BCUT2D eigenvalue weighted by Gasteiger charge is -2.17. The summed E-state index contributed by atoms with van der Waals surface area (Å²) in [5.74, 6) is -4.27. The number of aliphatic carboxylic acids is 1. The van der Waals surface area contributed by atoms with Crippen molar-refractivity contribution in [3.8, 4) is 5.75 Å². The van der Waals surface area contributed by atoms with E-state index >= 15 is 0 Å². The lowest BCUT2D eigenvalue weighted by Crippen LogP contribution is -2.48. The number of nitrogens with two attached hydrogens (primary N) is 3. The predicted octanol–water partition coefficient (Wildman–Crippen LogP) is 0.852. The van der Waals surface area contributed by atoms with Gasteiger partial charge in [0.25, 0.3) is 11.8 Å². The maximum absolute atomic E-state index is 12.9. The molecule has 13 N–H and O–H groups in total. The molecule has 2 atom stereocenters. The van der Waals surface area contributed by atoms with Gasteiger partial charge in [-0.2, -0.15) is 5.10 Å². The maximum atomic E-state index is 12.9. The number of aromatic nitrogens is 1. The van der Waals surface area contributed by atoms with E-state index in [1.165, 1.54) is 36.5 Å². The van der Waals surface area contributed by atoms with E-state index in [1.54, 1.807) is 30.3 Å². The highest BCUT2D eigenvalue weighted by molar-refractivity contribution is 6.01. The van der Waals surface area contributed by atoms with E-state index in [1.807, 2.05) is 13.8 Å². The maximum Gasteiger partial charge on any atom is 0.305 e. The lowest BCUT2D eigenvalue weighted by atomic mass is 10.1. The molecule has 0 saturated heterocycles. The van der Waals surface area contributed by atoms with Gasteiger partial charge in [0.1, 0.15) is 23.7 Å². The number of hydrogen-bond acceptors (Lipinski definition) is 12. The largest absolute Gasteiger partial charge is 0.494 e. The number of primary amides is 1. The minimum absolute atomic E-state index is 0.0493. The fourth-order valence-electron chi connectivity index (χ4n) is 5.14. The number of rotatable bonds is 24. The molecule has 0 radical (unpaired) electrons. The van der Waals surface area contributed by atoms with Crippen molar-refractivity contribution in [1.82, 2.24) is 26.3 Å². The van der Waals surface area contributed by atoms with E-state index in [-0.39, 0.29) is 42.6 Å². The Hall–Kier alpha value is -7.58. The molecule has 0 bridgehead atoms. The molecule has 0 saturated carbocycles. The topological polar surface area (TPSA) is 337 Å². The average molecular weight is 831 g/mol. The molecule has 21 nitrogen and oxygen atoms in total. The number of nitrogens with one attached hydrogen (secondary N) is 6. The third-order valence-corrected chi connectivity index (χ3v) is 8.05. The summed E-state index contributed by atoms with van der Waals surface area (Å²) >= 11 is 0. The van der Waals surface area contributed by atoms with Gasteiger partial charge in [-0.1, -0.05) is 6.07 Å². The Kier molecular flexibility index (Phi) is 18.9. The molecule has 1 heterocycles. The molecule has 320 valence electrons. The quantitative estimate of drug-likeness (QED) is 0.0259. The van der Waals surface area contributed by atoms with E-state index in [0.717, 1.165) is 5.71 Å². The number of unbranched alkanes of at least 4 members (excludes halogenated alkanes) is 1. The predicted molar refractivity (Wildman–Crippen MR) is 222 cm³/mol. The summed E-state index contributed by atoms with van der Waals surface area (Å²) in [7, 11) is 0. The van der Waals surface area contributed by atoms with Crippen molar-refractivity contribution >= 4 is 70.3 Å². The van der Waals surface area contributed by atoms with Crippen LogP contribution in [0.25, 0.3) is 0 Å². The molecule has 0 spiro atoms. The van der Waals surface area contributed by atoms with Crippen LogP contribution in [0, 0.1) is 0 Å². The van der Waals surface area contributed by atoms with E-state index in [2.05, 4.69) is 47.1 Å². The van der Waals surface area contributed by atoms with Gasteiger partial charge in [-0.05, 0) is 94.1 Å². The van der Waals surface area contributed by atoms with Crippen LogP contribution in [0.5, 0.6) is 5.75 Å². The molecule has 2 aromatic carbocycles. The summed E-state index contributed by atoms with van der Waals surface area (Å²) in [6.07, 6.45) is 2.40. The number of guanidine groups is 1. The number of nitrogens with zero attached hydrogens (tertiary/aromatic N) is 3. The van der Waals surface area contributed by atoms with Gasteiger partial charge in [0.05, 0.1) is 30.8 Å². The molecule has 0 fully saturated rings. The number of pyridine rings is 1. The van der Waals surface area contributed by atoms with Crippen LogP contribution in [0.1, 0.15) is 73.1 Å². The Morgan fingerprint density at radius 2 is 1.53 bits per heavy atom. The number of aliphatic imine (C=N–C) groups is 1. The number of ether oxygens (including phenoxy) is 1. The highest BCUT2D eigenvalue weighted by Gasteiger charge is 2.24. The molecule has 0 unspecified atom stereocenters. The van der Waals surface area contributed by atoms with Gasteiger partial charge in [0.2, 0.25) is 23.6 Å². The van der Waals surface area contributed by atoms with Gasteiger partial charge in [-0.15, -0.1) is 0 Å². The van der Waals surface area contributed by atoms with Crippen molar-refractivity contribution in [3.63, 3.8) is 0 Å². The van der Waals surface area contributed by atoms with E-state index in [4.69, 9.17) is 21.9 Å². The second kappa shape index (κ2) is 24.2. The highest BCUT2D eigenvalue weighted by atomic mass is 16.5. The molecule has 0 aliphatic heterocycles. The Labute approximate surface area is 345 Å². The minimum Gasteiger partial charge on any atom is -0.494 e. The Morgan fingerprint density at radius 1 is 0.817 bits per heavy atom. The lowest BCUT2D eigenvalue weighted by molar-refractivity contribution is -0.139. The second-order valence-corrected chi connectivity index (χ2v) is 13.3. The first-order valence-corrected chi connectivity index (χ1v) is 18.7. The molecule has 21 heteroatoms. The number of amides is 6. The molecule has 0 aliphatic carbocycles. The zero-order valence-corrected chi connectivity index (χ0v) is 33.2. The van der Waals surface area contributed by atoms with Crippen LogP contribution < -0.4 is 53.9 Å². The fourth-order valence-corrected chi connectivity index (χ4v) is 5.14. The number of benzene rings is 2. The van der Waals surface area contributed by atoms with Gasteiger partial charge >= 0.3 is 5.97 Å². The second-order valence-electron chi connectivity index (χ2n) is 13.3. The zero-order valence-electron chi connectivity index (χ0n) is 33.2. The first-order valence-electron chi connectivity index (χ1n) is 18.7. The number of carboxylic acids is 1. The number of hydrazone groups is 1. The van der Waals surface area contributed by atoms with Crippen molar-refractivity contribution in [2.75, 3.05) is 30.4 Å². The summed E-state index contributed by atoms with van der Waals surface area (Å²) < 4.78 is 5.67. The van der Waals surface area contributed by atoms with Crippen LogP contribution in [0.4, 0.5) is 17.2 Å². The molecular formula is C39H50N12O9. The summed E-state index contributed by atoms with van der Waals surface area (Å²) in [6.45, 7) is 3.60. The summed E-state index contributed by atoms with van der Waals surface area (Å²) in [5, 5.41) is 26.0. The van der Waals surface area contributed by atoms with Gasteiger partial charge in [-0.25, -0.2) is 9.98 Å². The SMILES string of the molecule is CC(C)=NNc1ccc(C(=O)NCCCC[C@H](NC(=O)CCCOc2ccc(NC(=O)[C@H](CC(=O)O)NC(=O)CNC(=O)c3cccc(N=C(N)N)c3)cc2)C(N)=O)cn1. The number of hydrogen-bond donors (Lipinski definition) is 10. The van der Waals surface area contributed by atoms with Crippen LogP contribution in [0.15, 0.2) is 77.0 Å². The monoisotopic (exact) mass is 830 g/mol. The molecular weight excluding hydrogens is 781 g/mol. The first-order chi connectivity index (χ1) is 28.6. The Bertz CT molecular complexity index is 2030. The molecule has 1 aromatic heterocycles. The van der Waals surface area contributed by atoms with Gasteiger partial charge in [0.15, 0.2) is 5.96 Å². The third-order valence-electron chi connectivity index (χ3n) is 8.05. The number of carbonyl (C=O) groups is 7. The number of carboxylic acid groups (broad SMARTS) is 1. The molecule has 3 aromatic rings. The van der Waals surface area contributed by atoms with Crippen LogP contribution >= 0.6 is 0 Å². The number of anilines is 2. The van der Waals surface area contributed by atoms with E-state index < -0.39 is 60.6 Å². The molecule has 0 aliphatic rings. The molecule has 60 heavy (non-hydrogen) atoms. The van der Waals surface area contributed by atoms with Crippen LogP contribution in [-0.2, 0) is 24.0 Å². The normalized spacial score (nSPS) is 11.4. The minimum atomic E-state index is -1.47. The Morgan fingerprint density at radius 3 is 2.18 bits per heavy atom. The fraction of sp³-hybridized carbons (Fsp3) is 0.333. The summed E-state index contributed by atoms with van der Waals surface area (Å²) in [6, 6.07) is 13.0. The smallest absolute Gasteiger partial charge is 0.305 e. The highest BCUT2D eigenvalue weighted by Crippen LogP contribution is 2.17. The van der Waals surface area contributed by atoms with Crippen molar-refractivity contribution in [1.29, 1.82) is 0 Å². The first kappa shape index (κ1) is 46.8. The standard InChI is InChI=1S/C39H50N12O9/c1-23(2)50-51-31-16-11-25(21-44-31)37(58)43-17-4-3-9-29(35(40)56)48-32(52)10-6-18-60-28-14-12-26(13-15-28)46-38(59)30(20-34(54)55)49-33(53)22-45-36(57)24-7-5-8-27(19-24)47-39(41)42/h5,7-8,11-16,19,21,29-30H,3-4,6,9-10,17-18,20,22H2,1-2H3,(H2,40,56)(H,43,58)(H,44,51)(H,45,57)(H,46,59)(H,48,52)(H,49,53)(H,54,55)(H4,41,42,47)/t29-,30-/m0/s1. The van der Waals surface area contributed by atoms with Crippen molar-refractivity contribution in [2.24, 2.45) is 27.3 Å². The van der Waals surface area contributed by atoms with Crippen LogP contribution in [0.3, 0.4) is 0 Å². The van der Waals surface area contributed by atoms with E-state index in [0.29, 0.717) is 48.6 Å². The molecule has 6 amide bonds. The summed E-state index contributed by atoms with van der Waals surface area (Å²) in [4.78, 5) is 94.3. The zero-order chi connectivity index (χ0) is 44.0. The summed E-state index contributed by atoms with van der Waals surface area (Å²) in [5.41, 5.74) is 21.0. The van der Waals surface area contributed by atoms with Crippen LogP contribution in [0.2, 0.25) is 0 Å². The van der Waals surface area contributed by atoms with Crippen molar-refractivity contribution < 1.29 is 43.4 Å². The van der Waals surface area contributed by atoms with E-state index in [9.17, 15) is 38.7 Å². The molecule has 3 rings (SSSR count). The van der Waals surface area contributed by atoms with Gasteiger partial charge in [0, 0.05) is 36.1 Å². The van der Waals surface area contributed by atoms with Crippen molar-refractivity contribution in [3.05, 3.63) is 78.0 Å². The average Bonchev–Trinajstić information content (AvgIpc) is 3.20. The third kappa shape index (κ3) is 17.7. The Balaban J connectivity index is 1.36. The van der Waals surface area contributed by atoms with Crippen molar-refractivity contribution in [2.45, 2.75) is 64.5 Å². The van der Waals surface area contributed by atoms with Crippen LogP contribution in [-0.4, -0.2) is 95.0 Å². The van der Waals surface area contributed by atoms with Gasteiger partial charge in [-0.3, -0.25) is 39.0 Å².